The van der Waals surface area contributed by atoms with Crippen molar-refractivity contribution in [3.05, 3.63) is 54.6 Å². The summed E-state index contributed by atoms with van der Waals surface area (Å²) in [5, 5.41) is 9.36. The zero-order chi connectivity index (χ0) is 12.8. The van der Waals surface area contributed by atoms with Crippen LogP contribution in [0.2, 0.25) is 0 Å². The molecule has 0 aliphatic carbocycles. The number of ether oxygens (including phenoxy) is 2. The van der Waals surface area contributed by atoms with Crippen molar-refractivity contribution in [2.45, 2.75) is 19.6 Å². The number of hydrogen-bond donors (Lipinski definition) is 1. The summed E-state index contributed by atoms with van der Waals surface area (Å²) >= 11 is 0. The van der Waals surface area contributed by atoms with Gasteiger partial charge in [-0.3, -0.25) is 0 Å². The Morgan fingerprint density at radius 1 is 0.889 bits per heavy atom. The van der Waals surface area contributed by atoms with E-state index in [4.69, 9.17) is 9.47 Å². The van der Waals surface area contributed by atoms with E-state index in [1.807, 2.05) is 49.4 Å². The first-order valence-corrected chi connectivity index (χ1v) is 5.95. The second-order valence-electron chi connectivity index (χ2n) is 3.87. The predicted molar refractivity (Wildman–Crippen MR) is 69.9 cm³/mol. The van der Waals surface area contributed by atoms with Crippen LogP contribution in [0.3, 0.4) is 0 Å². The average Bonchev–Trinajstić information content (AvgIpc) is 2.42. The van der Waals surface area contributed by atoms with Crippen molar-refractivity contribution in [2.24, 2.45) is 0 Å². The third-order valence-electron chi connectivity index (χ3n) is 2.42. The Kier molecular flexibility index (Phi) is 4.20. The molecule has 0 fully saturated rings. The van der Waals surface area contributed by atoms with Crippen LogP contribution < -0.4 is 9.47 Å². The van der Waals surface area contributed by atoms with Crippen molar-refractivity contribution >= 4 is 0 Å². The SMILES string of the molecule is CCC(O)Oc1ccc(Oc2ccccc2)cc1. The number of para-hydroxylation sites is 1. The largest absolute Gasteiger partial charge is 0.465 e. The lowest BCUT2D eigenvalue weighted by molar-refractivity contribution is -0.0191. The van der Waals surface area contributed by atoms with Crippen molar-refractivity contribution < 1.29 is 14.6 Å². The van der Waals surface area contributed by atoms with E-state index in [0.717, 1.165) is 11.5 Å². The Morgan fingerprint density at radius 3 is 2.06 bits per heavy atom. The maximum atomic E-state index is 9.36. The Balaban J connectivity index is 2.00. The predicted octanol–water partition coefficient (Wildman–Crippen LogP) is 3.59. The first-order valence-electron chi connectivity index (χ1n) is 5.95. The molecule has 0 aliphatic rings. The summed E-state index contributed by atoms with van der Waals surface area (Å²) in [6.07, 6.45) is -0.201. The molecule has 0 spiro atoms. The lowest BCUT2D eigenvalue weighted by Crippen LogP contribution is -2.13. The number of aliphatic hydroxyl groups excluding tert-OH is 1. The molecule has 18 heavy (non-hydrogen) atoms. The van der Waals surface area contributed by atoms with Crippen LogP contribution in [0.5, 0.6) is 17.2 Å². The minimum absolute atomic E-state index is 0.558. The van der Waals surface area contributed by atoms with E-state index in [1.165, 1.54) is 0 Å². The van der Waals surface area contributed by atoms with Crippen LogP contribution in [0.4, 0.5) is 0 Å². The summed E-state index contributed by atoms with van der Waals surface area (Å²) in [4.78, 5) is 0. The van der Waals surface area contributed by atoms with Gasteiger partial charge in [-0.1, -0.05) is 25.1 Å². The summed E-state index contributed by atoms with van der Waals surface area (Å²) in [7, 11) is 0. The molecule has 2 rings (SSSR count). The van der Waals surface area contributed by atoms with Crippen LogP contribution >= 0.6 is 0 Å². The highest BCUT2D eigenvalue weighted by molar-refractivity contribution is 5.35. The molecule has 94 valence electrons. The molecule has 0 saturated carbocycles. The van der Waals surface area contributed by atoms with E-state index >= 15 is 0 Å². The number of hydrogen-bond acceptors (Lipinski definition) is 3. The molecule has 0 aliphatic heterocycles. The lowest BCUT2D eigenvalue weighted by Gasteiger charge is -2.11. The Morgan fingerprint density at radius 2 is 1.44 bits per heavy atom. The monoisotopic (exact) mass is 244 g/mol. The highest BCUT2D eigenvalue weighted by Crippen LogP contribution is 2.23. The van der Waals surface area contributed by atoms with Gasteiger partial charge in [0.1, 0.15) is 17.2 Å². The van der Waals surface area contributed by atoms with Crippen LogP contribution in [0.15, 0.2) is 54.6 Å². The summed E-state index contributed by atoms with van der Waals surface area (Å²) in [5.41, 5.74) is 0. The Bertz CT molecular complexity index is 465. The van der Waals surface area contributed by atoms with Crippen LogP contribution in [-0.4, -0.2) is 11.4 Å². The van der Waals surface area contributed by atoms with Crippen LogP contribution in [0.25, 0.3) is 0 Å². The molecule has 2 aromatic rings. The fourth-order valence-electron chi connectivity index (χ4n) is 1.45. The molecule has 0 heterocycles. The van der Waals surface area contributed by atoms with Crippen LogP contribution in [0, 0.1) is 0 Å². The van der Waals surface area contributed by atoms with Gasteiger partial charge >= 0.3 is 0 Å². The zero-order valence-electron chi connectivity index (χ0n) is 10.2. The first kappa shape index (κ1) is 12.5. The van der Waals surface area contributed by atoms with Crippen molar-refractivity contribution in [2.75, 3.05) is 0 Å². The van der Waals surface area contributed by atoms with Gasteiger partial charge in [0.05, 0.1) is 0 Å². The third kappa shape index (κ3) is 3.50. The quantitative estimate of drug-likeness (QED) is 0.817. The van der Waals surface area contributed by atoms with Crippen molar-refractivity contribution in [3.63, 3.8) is 0 Å². The highest BCUT2D eigenvalue weighted by Gasteiger charge is 2.03. The maximum Gasteiger partial charge on any atom is 0.197 e. The molecular formula is C15H16O3. The highest BCUT2D eigenvalue weighted by atomic mass is 16.6. The first-order chi connectivity index (χ1) is 8.78. The standard InChI is InChI=1S/C15H16O3/c1-2-15(16)18-14-10-8-13(9-11-14)17-12-6-4-3-5-7-12/h3-11,15-16H,2H2,1H3. The normalized spacial score (nSPS) is 11.9. The van der Waals surface area contributed by atoms with Crippen molar-refractivity contribution in [1.29, 1.82) is 0 Å². The molecule has 0 aromatic heterocycles. The average molecular weight is 244 g/mol. The van der Waals surface area contributed by atoms with Gasteiger partial charge < -0.3 is 14.6 Å². The van der Waals surface area contributed by atoms with Crippen molar-refractivity contribution in [3.8, 4) is 17.2 Å². The molecule has 0 amide bonds. The van der Waals surface area contributed by atoms with E-state index in [9.17, 15) is 5.11 Å². The third-order valence-corrected chi connectivity index (χ3v) is 2.42. The zero-order valence-corrected chi connectivity index (χ0v) is 10.2. The van der Waals surface area contributed by atoms with Gasteiger partial charge in [-0.2, -0.15) is 0 Å². The number of aliphatic hydroxyl groups is 1. The summed E-state index contributed by atoms with van der Waals surface area (Å²) < 4.78 is 10.9. The molecule has 1 atom stereocenters. The molecule has 0 bridgehead atoms. The molecule has 3 heteroatoms. The van der Waals surface area contributed by atoms with E-state index in [2.05, 4.69) is 0 Å². The molecule has 1 N–H and O–H groups in total. The minimum atomic E-state index is -0.758. The van der Waals surface area contributed by atoms with Gasteiger partial charge in [-0.05, 0) is 36.4 Å². The summed E-state index contributed by atoms with van der Waals surface area (Å²) in [5.74, 6) is 2.16. The second-order valence-corrected chi connectivity index (χ2v) is 3.87. The molecule has 3 nitrogen and oxygen atoms in total. The maximum absolute atomic E-state index is 9.36. The van der Waals surface area contributed by atoms with Gasteiger partial charge in [0.25, 0.3) is 0 Å². The van der Waals surface area contributed by atoms with Gasteiger partial charge in [0.15, 0.2) is 6.29 Å². The van der Waals surface area contributed by atoms with Gasteiger partial charge in [0, 0.05) is 6.42 Å². The van der Waals surface area contributed by atoms with E-state index in [0.29, 0.717) is 12.2 Å². The van der Waals surface area contributed by atoms with Gasteiger partial charge in [-0.15, -0.1) is 0 Å². The second kappa shape index (κ2) is 6.07. The van der Waals surface area contributed by atoms with E-state index in [-0.39, 0.29) is 0 Å². The Hall–Kier alpha value is -2.00. The summed E-state index contributed by atoms with van der Waals surface area (Å²) in [6.45, 7) is 1.86. The minimum Gasteiger partial charge on any atom is -0.465 e. The molecular weight excluding hydrogens is 228 g/mol. The van der Waals surface area contributed by atoms with E-state index < -0.39 is 6.29 Å². The topological polar surface area (TPSA) is 38.7 Å². The lowest BCUT2D eigenvalue weighted by atomic mass is 10.3. The van der Waals surface area contributed by atoms with Crippen LogP contribution in [0.1, 0.15) is 13.3 Å². The van der Waals surface area contributed by atoms with Crippen LogP contribution in [-0.2, 0) is 0 Å². The number of benzene rings is 2. The van der Waals surface area contributed by atoms with E-state index in [1.54, 1.807) is 12.1 Å². The Labute approximate surface area is 107 Å². The van der Waals surface area contributed by atoms with Crippen molar-refractivity contribution in [1.82, 2.24) is 0 Å². The molecule has 0 radical (unpaired) electrons. The van der Waals surface area contributed by atoms with Gasteiger partial charge in [0.2, 0.25) is 0 Å². The molecule has 1 unspecified atom stereocenters. The fraction of sp³-hybridized carbons (Fsp3) is 0.200. The molecule has 2 aromatic carbocycles. The van der Waals surface area contributed by atoms with Gasteiger partial charge in [-0.25, -0.2) is 0 Å². The molecule has 0 saturated heterocycles. The number of rotatable bonds is 5. The smallest absolute Gasteiger partial charge is 0.197 e. The summed E-state index contributed by atoms with van der Waals surface area (Å²) in [6, 6.07) is 16.7. The fourth-order valence-corrected chi connectivity index (χ4v) is 1.45.